The first-order chi connectivity index (χ1) is 9.05. The molecule has 1 rings (SSSR count). The van der Waals surface area contributed by atoms with Crippen LogP contribution in [0.25, 0.3) is 0 Å². The second-order valence-electron chi connectivity index (χ2n) is 4.46. The molecule has 1 amide bonds. The molecule has 1 heterocycles. The van der Waals surface area contributed by atoms with Gasteiger partial charge in [0.15, 0.2) is 0 Å². The van der Waals surface area contributed by atoms with E-state index in [1.165, 1.54) is 0 Å². The standard InChI is InChI=1S/C14H22N2O3/c1-5-9-14(3,18-4)13(17)16-11-7-8-12(15-10-11)19-6-2/h7-8,10H,5-6,9H2,1-4H3,(H,16,17)/t14-/m0/s1. The minimum atomic E-state index is -0.812. The number of carbonyl (C=O) groups excluding carboxylic acids is 1. The van der Waals surface area contributed by atoms with E-state index >= 15 is 0 Å². The summed E-state index contributed by atoms with van der Waals surface area (Å²) in [4.78, 5) is 16.3. The Morgan fingerprint density at radius 2 is 2.16 bits per heavy atom. The van der Waals surface area contributed by atoms with Crippen molar-refractivity contribution in [1.29, 1.82) is 0 Å². The van der Waals surface area contributed by atoms with Gasteiger partial charge in [-0.1, -0.05) is 13.3 Å². The molecule has 0 aliphatic rings. The zero-order valence-corrected chi connectivity index (χ0v) is 12.0. The second-order valence-corrected chi connectivity index (χ2v) is 4.46. The van der Waals surface area contributed by atoms with E-state index < -0.39 is 5.60 Å². The number of amides is 1. The minimum Gasteiger partial charge on any atom is -0.478 e. The first kappa shape index (κ1) is 15.4. The maximum Gasteiger partial charge on any atom is 0.256 e. The maximum absolute atomic E-state index is 12.2. The van der Waals surface area contributed by atoms with Crippen molar-refractivity contribution in [2.75, 3.05) is 19.0 Å². The van der Waals surface area contributed by atoms with Crippen molar-refractivity contribution in [2.24, 2.45) is 0 Å². The van der Waals surface area contributed by atoms with E-state index in [1.54, 1.807) is 32.4 Å². The molecule has 0 saturated heterocycles. The van der Waals surface area contributed by atoms with Gasteiger partial charge in [0, 0.05) is 13.2 Å². The van der Waals surface area contributed by atoms with E-state index in [0.717, 1.165) is 6.42 Å². The molecular weight excluding hydrogens is 244 g/mol. The average molecular weight is 266 g/mol. The summed E-state index contributed by atoms with van der Waals surface area (Å²) in [5.74, 6) is 0.381. The molecule has 5 nitrogen and oxygen atoms in total. The van der Waals surface area contributed by atoms with E-state index in [0.29, 0.717) is 24.6 Å². The zero-order valence-electron chi connectivity index (χ0n) is 12.0. The van der Waals surface area contributed by atoms with Gasteiger partial charge in [-0.15, -0.1) is 0 Å². The summed E-state index contributed by atoms with van der Waals surface area (Å²) < 4.78 is 10.6. The zero-order chi connectivity index (χ0) is 14.3. The molecule has 0 fully saturated rings. The molecule has 5 heteroatoms. The lowest BCUT2D eigenvalue weighted by atomic mass is 9.99. The van der Waals surface area contributed by atoms with E-state index in [-0.39, 0.29) is 5.91 Å². The molecule has 0 saturated carbocycles. The fourth-order valence-electron chi connectivity index (χ4n) is 1.74. The molecule has 19 heavy (non-hydrogen) atoms. The van der Waals surface area contributed by atoms with Crippen LogP contribution in [0.3, 0.4) is 0 Å². The highest BCUT2D eigenvalue weighted by molar-refractivity contribution is 5.96. The second kappa shape index (κ2) is 7.09. The number of carbonyl (C=O) groups is 1. The summed E-state index contributed by atoms with van der Waals surface area (Å²) in [7, 11) is 1.55. The predicted molar refractivity (Wildman–Crippen MR) is 74.4 cm³/mol. The van der Waals surface area contributed by atoms with Crippen LogP contribution < -0.4 is 10.1 Å². The SMILES string of the molecule is CCC[C@](C)(OC)C(=O)Nc1ccc(OCC)nc1. The van der Waals surface area contributed by atoms with Crippen molar-refractivity contribution < 1.29 is 14.3 Å². The van der Waals surface area contributed by atoms with Crippen molar-refractivity contribution in [3.8, 4) is 5.88 Å². The Labute approximate surface area is 114 Å². The van der Waals surface area contributed by atoms with Crippen LogP contribution in [-0.2, 0) is 9.53 Å². The Bertz CT molecular complexity index is 406. The normalized spacial score (nSPS) is 13.7. The molecule has 1 aromatic rings. The number of anilines is 1. The van der Waals surface area contributed by atoms with Gasteiger partial charge in [0.25, 0.3) is 5.91 Å². The van der Waals surface area contributed by atoms with E-state index in [4.69, 9.17) is 9.47 Å². The van der Waals surface area contributed by atoms with Crippen LogP contribution in [0.2, 0.25) is 0 Å². The molecule has 0 aliphatic carbocycles. The van der Waals surface area contributed by atoms with Crippen LogP contribution in [0.15, 0.2) is 18.3 Å². The summed E-state index contributed by atoms with van der Waals surface area (Å²) >= 11 is 0. The van der Waals surface area contributed by atoms with Gasteiger partial charge < -0.3 is 14.8 Å². The average Bonchev–Trinajstić information content (AvgIpc) is 2.41. The lowest BCUT2D eigenvalue weighted by Gasteiger charge is -2.26. The number of ether oxygens (including phenoxy) is 2. The van der Waals surface area contributed by atoms with Crippen molar-refractivity contribution in [1.82, 2.24) is 4.98 Å². The third-order valence-corrected chi connectivity index (χ3v) is 2.94. The van der Waals surface area contributed by atoms with Gasteiger partial charge in [-0.3, -0.25) is 4.79 Å². The smallest absolute Gasteiger partial charge is 0.256 e. The first-order valence-corrected chi connectivity index (χ1v) is 6.51. The van der Waals surface area contributed by atoms with Gasteiger partial charge >= 0.3 is 0 Å². The highest BCUT2D eigenvalue weighted by Gasteiger charge is 2.32. The van der Waals surface area contributed by atoms with Gasteiger partial charge in [-0.2, -0.15) is 0 Å². The molecule has 0 unspecified atom stereocenters. The number of aromatic nitrogens is 1. The van der Waals surface area contributed by atoms with Crippen LogP contribution in [0.1, 0.15) is 33.6 Å². The van der Waals surface area contributed by atoms with Crippen LogP contribution in [0.4, 0.5) is 5.69 Å². The molecule has 1 atom stereocenters. The highest BCUT2D eigenvalue weighted by atomic mass is 16.5. The molecule has 0 aliphatic heterocycles. The topological polar surface area (TPSA) is 60.5 Å². The number of methoxy groups -OCH3 is 1. The molecule has 1 N–H and O–H groups in total. The summed E-state index contributed by atoms with van der Waals surface area (Å²) in [6.45, 7) is 6.26. The fourth-order valence-corrected chi connectivity index (χ4v) is 1.74. The molecule has 0 bridgehead atoms. The molecule has 0 aromatic carbocycles. The Kier molecular flexibility index (Phi) is 5.76. The van der Waals surface area contributed by atoms with Gasteiger partial charge in [0.1, 0.15) is 5.60 Å². The van der Waals surface area contributed by atoms with Gasteiger partial charge in [-0.05, 0) is 26.3 Å². The molecule has 0 radical (unpaired) electrons. The van der Waals surface area contributed by atoms with Crippen LogP contribution in [0, 0.1) is 0 Å². The molecule has 1 aromatic heterocycles. The Hall–Kier alpha value is -1.62. The number of nitrogens with zero attached hydrogens (tertiary/aromatic N) is 1. The van der Waals surface area contributed by atoms with Crippen LogP contribution in [-0.4, -0.2) is 30.2 Å². The van der Waals surface area contributed by atoms with Crippen molar-refractivity contribution >= 4 is 11.6 Å². The Morgan fingerprint density at radius 1 is 1.42 bits per heavy atom. The van der Waals surface area contributed by atoms with Crippen LogP contribution in [0.5, 0.6) is 5.88 Å². The van der Waals surface area contributed by atoms with Crippen molar-refractivity contribution in [3.05, 3.63) is 18.3 Å². The third-order valence-electron chi connectivity index (χ3n) is 2.94. The number of nitrogens with one attached hydrogen (secondary N) is 1. The van der Waals surface area contributed by atoms with Gasteiger partial charge in [0.05, 0.1) is 18.5 Å². The van der Waals surface area contributed by atoms with Gasteiger partial charge in [-0.25, -0.2) is 4.98 Å². The van der Waals surface area contributed by atoms with Crippen LogP contribution >= 0.6 is 0 Å². The largest absolute Gasteiger partial charge is 0.478 e. The number of hydrogen-bond donors (Lipinski definition) is 1. The number of pyridine rings is 1. The predicted octanol–water partition coefficient (Wildman–Crippen LogP) is 2.62. The summed E-state index contributed by atoms with van der Waals surface area (Å²) in [5, 5.41) is 2.81. The Balaban J connectivity index is 2.70. The quantitative estimate of drug-likeness (QED) is 0.824. The lowest BCUT2D eigenvalue weighted by molar-refractivity contribution is -0.136. The summed E-state index contributed by atoms with van der Waals surface area (Å²) in [6.07, 6.45) is 3.12. The molecular formula is C14H22N2O3. The molecule has 0 spiro atoms. The van der Waals surface area contributed by atoms with E-state index in [1.807, 2.05) is 13.8 Å². The van der Waals surface area contributed by atoms with Crippen molar-refractivity contribution in [2.45, 2.75) is 39.2 Å². The van der Waals surface area contributed by atoms with E-state index in [9.17, 15) is 4.79 Å². The van der Waals surface area contributed by atoms with E-state index in [2.05, 4.69) is 10.3 Å². The third kappa shape index (κ3) is 4.21. The molecule has 106 valence electrons. The lowest BCUT2D eigenvalue weighted by Crippen LogP contribution is -2.41. The van der Waals surface area contributed by atoms with Crippen molar-refractivity contribution in [3.63, 3.8) is 0 Å². The monoisotopic (exact) mass is 266 g/mol. The number of rotatable bonds is 7. The summed E-state index contributed by atoms with van der Waals surface area (Å²) in [6, 6.07) is 3.49. The minimum absolute atomic E-state index is 0.164. The maximum atomic E-state index is 12.2. The fraction of sp³-hybridized carbons (Fsp3) is 0.571. The Morgan fingerprint density at radius 3 is 2.63 bits per heavy atom. The first-order valence-electron chi connectivity index (χ1n) is 6.51. The van der Waals surface area contributed by atoms with Gasteiger partial charge in [0.2, 0.25) is 5.88 Å². The number of hydrogen-bond acceptors (Lipinski definition) is 4. The highest BCUT2D eigenvalue weighted by Crippen LogP contribution is 2.20. The summed E-state index contributed by atoms with van der Waals surface area (Å²) in [5.41, 5.74) is -0.180.